The van der Waals surface area contributed by atoms with E-state index in [2.05, 4.69) is 22.4 Å². The van der Waals surface area contributed by atoms with Gasteiger partial charge in [0.05, 0.1) is 6.61 Å². The van der Waals surface area contributed by atoms with Crippen LogP contribution in [0.2, 0.25) is 0 Å². The largest absolute Gasteiger partial charge is 0.383 e. The van der Waals surface area contributed by atoms with Crippen LogP contribution in [0.5, 0.6) is 0 Å². The molecule has 0 spiro atoms. The van der Waals surface area contributed by atoms with Gasteiger partial charge in [-0.25, -0.2) is 0 Å². The minimum atomic E-state index is 0.354. The summed E-state index contributed by atoms with van der Waals surface area (Å²) in [5, 5.41) is 7.19. The van der Waals surface area contributed by atoms with Crippen molar-refractivity contribution in [3.63, 3.8) is 0 Å². The number of ether oxygens (including phenoxy) is 1. The van der Waals surface area contributed by atoms with E-state index in [4.69, 9.17) is 9.26 Å². The molecule has 5 nitrogen and oxygen atoms in total. The van der Waals surface area contributed by atoms with E-state index in [1.54, 1.807) is 7.11 Å². The molecule has 1 aromatic rings. The highest BCUT2D eigenvalue weighted by Crippen LogP contribution is 1.98. The molecule has 1 N–H and O–H groups in total. The van der Waals surface area contributed by atoms with E-state index >= 15 is 0 Å². The van der Waals surface area contributed by atoms with Crippen LogP contribution in [0.25, 0.3) is 0 Å². The van der Waals surface area contributed by atoms with Gasteiger partial charge in [-0.15, -0.1) is 0 Å². The number of aromatic nitrogens is 2. The van der Waals surface area contributed by atoms with Crippen molar-refractivity contribution in [2.45, 2.75) is 32.7 Å². The van der Waals surface area contributed by atoms with E-state index < -0.39 is 0 Å². The summed E-state index contributed by atoms with van der Waals surface area (Å²) < 4.78 is 10.0. The van der Waals surface area contributed by atoms with Crippen molar-refractivity contribution >= 4 is 0 Å². The molecule has 0 aliphatic rings. The molecule has 0 aliphatic heterocycles. The number of rotatable bonds is 7. The number of nitrogens with zero attached hydrogens (tertiary/aromatic N) is 2. The van der Waals surface area contributed by atoms with Gasteiger partial charge in [0.1, 0.15) is 0 Å². The lowest BCUT2D eigenvalue weighted by Crippen LogP contribution is -2.31. The van der Waals surface area contributed by atoms with Crippen LogP contribution >= 0.6 is 0 Å². The molecule has 0 fully saturated rings. The minimum absolute atomic E-state index is 0.354. The second kappa shape index (κ2) is 6.53. The highest BCUT2D eigenvalue weighted by molar-refractivity contribution is 4.86. The number of nitrogens with one attached hydrogen (secondary N) is 1. The van der Waals surface area contributed by atoms with E-state index in [1.807, 2.05) is 6.92 Å². The Kier molecular flexibility index (Phi) is 5.28. The fraction of sp³-hybridized carbons (Fsp3) is 0.800. The van der Waals surface area contributed by atoms with E-state index in [1.165, 1.54) is 0 Å². The molecule has 86 valence electrons. The number of methoxy groups -OCH3 is 1. The summed E-state index contributed by atoms with van der Waals surface area (Å²) in [6.45, 7) is 5.63. The van der Waals surface area contributed by atoms with Gasteiger partial charge in [0.25, 0.3) is 0 Å². The summed E-state index contributed by atoms with van der Waals surface area (Å²) in [7, 11) is 1.70. The first-order valence-corrected chi connectivity index (χ1v) is 5.30. The van der Waals surface area contributed by atoms with Crippen LogP contribution in [-0.4, -0.2) is 36.4 Å². The summed E-state index contributed by atoms with van der Waals surface area (Å²) in [5.74, 6) is 1.47. The lowest BCUT2D eigenvalue weighted by atomic mass is 10.3. The van der Waals surface area contributed by atoms with E-state index in [-0.39, 0.29) is 0 Å². The van der Waals surface area contributed by atoms with Gasteiger partial charge in [0.2, 0.25) is 5.89 Å². The van der Waals surface area contributed by atoms with Crippen LogP contribution in [-0.2, 0) is 17.6 Å². The summed E-state index contributed by atoms with van der Waals surface area (Å²) in [6, 6.07) is 0.354. The molecule has 0 radical (unpaired) electrons. The first kappa shape index (κ1) is 12.1. The SMILES string of the molecule is CCc1nc(CCNC(C)COC)no1. The van der Waals surface area contributed by atoms with Crippen molar-refractivity contribution in [1.82, 2.24) is 15.5 Å². The molecule has 0 aliphatic carbocycles. The van der Waals surface area contributed by atoms with Gasteiger partial charge < -0.3 is 14.6 Å². The molecular formula is C10H19N3O2. The Bertz CT molecular complexity index is 275. The van der Waals surface area contributed by atoms with Crippen molar-refractivity contribution in [1.29, 1.82) is 0 Å². The molecule has 1 heterocycles. The summed E-state index contributed by atoms with van der Waals surface area (Å²) in [4.78, 5) is 4.22. The summed E-state index contributed by atoms with van der Waals surface area (Å²) in [5.41, 5.74) is 0. The molecule has 15 heavy (non-hydrogen) atoms. The smallest absolute Gasteiger partial charge is 0.226 e. The maximum Gasteiger partial charge on any atom is 0.226 e. The third kappa shape index (κ3) is 4.40. The van der Waals surface area contributed by atoms with Crippen LogP contribution in [0, 0.1) is 0 Å². The first-order chi connectivity index (χ1) is 7.26. The maximum atomic E-state index is 5.02. The summed E-state index contributed by atoms with van der Waals surface area (Å²) in [6.07, 6.45) is 1.58. The van der Waals surface area contributed by atoms with Gasteiger partial charge >= 0.3 is 0 Å². The van der Waals surface area contributed by atoms with Gasteiger partial charge in [0.15, 0.2) is 5.82 Å². The average molecular weight is 213 g/mol. The summed E-state index contributed by atoms with van der Waals surface area (Å²) >= 11 is 0. The fourth-order valence-electron chi connectivity index (χ4n) is 1.27. The Morgan fingerprint density at radius 2 is 2.33 bits per heavy atom. The van der Waals surface area contributed by atoms with Crippen LogP contribution in [0.3, 0.4) is 0 Å². The lowest BCUT2D eigenvalue weighted by molar-refractivity contribution is 0.172. The Hall–Kier alpha value is -0.940. The van der Waals surface area contributed by atoms with Crippen molar-refractivity contribution in [3.05, 3.63) is 11.7 Å². The first-order valence-electron chi connectivity index (χ1n) is 5.30. The fourth-order valence-corrected chi connectivity index (χ4v) is 1.27. The normalized spacial score (nSPS) is 13.0. The predicted molar refractivity (Wildman–Crippen MR) is 56.7 cm³/mol. The topological polar surface area (TPSA) is 60.2 Å². The molecule has 0 saturated heterocycles. The van der Waals surface area contributed by atoms with Crippen LogP contribution in [0.4, 0.5) is 0 Å². The van der Waals surface area contributed by atoms with Crippen LogP contribution in [0.1, 0.15) is 25.6 Å². The Labute approximate surface area is 90.2 Å². The third-order valence-electron chi connectivity index (χ3n) is 2.07. The van der Waals surface area contributed by atoms with E-state index in [0.29, 0.717) is 18.5 Å². The zero-order chi connectivity index (χ0) is 11.1. The molecule has 5 heteroatoms. The van der Waals surface area contributed by atoms with Gasteiger partial charge in [-0.05, 0) is 6.92 Å². The molecule has 0 amide bonds. The van der Waals surface area contributed by atoms with Gasteiger partial charge in [0, 0.05) is 32.5 Å². The number of aryl methyl sites for hydroxylation is 1. The highest BCUT2D eigenvalue weighted by Gasteiger charge is 2.05. The quantitative estimate of drug-likeness (QED) is 0.726. The second-order valence-corrected chi connectivity index (χ2v) is 3.52. The van der Waals surface area contributed by atoms with Gasteiger partial charge in [-0.2, -0.15) is 4.98 Å². The molecule has 0 saturated carbocycles. The van der Waals surface area contributed by atoms with E-state index in [0.717, 1.165) is 25.2 Å². The maximum absolute atomic E-state index is 5.02. The standard InChI is InChI=1S/C10H19N3O2/c1-4-10-12-9(13-15-10)5-6-11-8(2)7-14-3/h8,11H,4-7H2,1-3H3. The molecule has 1 aromatic heterocycles. The number of hydrogen-bond acceptors (Lipinski definition) is 5. The second-order valence-electron chi connectivity index (χ2n) is 3.52. The predicted octanol–water partition coefficient (Wildman–Crippen LogP) is 0.799. The van der Waals surface area contributed by atoms with Crippen molar-refractivity contribution in [2.24, 2.45) is 0 Å². The Morgan fingerprint density at radius 3 is 2.93 bits per heavy atom. The number of hydrogen-bond donors (Lipinski definition) is 1. The average Bonchev–Trinajstić information content (AvgIpc) is 2.66. The molecule has 0 bridgehead atoms. The molecular weight excluding hydrogens is 194 g/mol. The van der Waals surface area contributed by atoms with Gasteiger partial charge in [-0.1, -0.05) is 12.1 Å². The zero-order valence-corrected chi connectivity index (χ0v) is 9.62. The molecule has 1 atom stereocenters. The Balaban J connectivity index is 2.19. The minimum Gasteiger partial charge on any atom is -0.383 e. The van der Waals surface area contributed by atoms with Crippen LogP contribution < -0.4 is 5.32 Å². The highest BCUT2D eigenvalue weighted by atomic mass is 16.5. The zero-order valence-electron chi connectivity index (χ0n) is 9.62. The molecule has 1 unspecified atom stereocenters. The lowest BCUT2D eigenvalue weighted by Gasteiger charge is -2.10. The van der Waals surface area contributed by atoms with Crippen molar-refractivity contribution in [3.8, 4) is 0 Å². The van der Waals surface area contributed by atoms with E-state index in [9.17, 15) is 0 Å². The van der Waals surface area contributed by atoms with Crippen molar-refractivity contribution in [2.75, 3.05) is 20.3 Å². The van der Waals surface area contributed by atoms with Crippen LogP contribution in [0.15, 0.2) is 4.52 Å². The molecule has 0 aromatic carbocycles. The Morgan fingerprint density at radius 1 is 1.53 bits per heavy atom. The molecule has 1 rings (SSSR count). The monoisotopic (exact) mass is 213 g/mol. The van der Waals surface area contributed by atoms with Gasteiger partial charge in [-0.3, -0.25) is 0 Å². The van der Waals surface area contributed by atoms with Crippen molar-refractivity contribution < 1.29 is 9.26 Å². The third-order valence-corrected chi connectivity index (χ3v) is 2.07.